The summed E-state index contributed by atoms with van der Waals surface area (Å²) in [6.07, 6.45) is 0.718. The van der Waals surface area contributed by atoms with Gasteiger partial charge in [-0.3, -0.25) is 24.6 Å². The van der Waals surface area contributed by atoms with Gasteiger partial charge in [0.15, 0.2) is 0 Å². The number of nitrogens with zero attached hydrogens (tertiary/aromatic N) is 1. The van der Waals surface area contributed by atoms with Crippen LogP contribution >= 0.6 is 0 Å². The Hall–Kier alpha value is -2.25. The van der Waals surface area contributed by atoms with Crippen molar-refractivity contribution >= 4 is 23.4 Å². The van der Waals surface area contributed by atoms with Crippen molar-refractivity contribution in [2.75, 3.05) is 25.6 Å². The smallest absolute Gasteiger partial charge is 0.250 e. The van der Waals surface area contributed by atoms with E-state index in [4.69, 9.17) is 4.74 Å². The van der Waals surface area contributed by atoms with Gasteiger partial charge in [-0.25, -0.2) is 0 Å². The van der Waals surface area contributed by atoms with Crippen molar-refractivity contribution in [1.29, 1.82) is 0 Å². The third-order valence-corrected chi connectivity index (χ3v) is 5.96. The van der Waals surface area contributed by atoms with Crippen molar-refractivity contribution in [3.63, 3.8) is 0 Å². The lowest BCUT2D eigenvalue weighted by atomic mass is 9.76. The highest BCUT2D eigenvalue weighted by atomic mass is 16.5. The average Bonchev–Trinajstić information content (AvgIpc) is 3.19. The second kappa shape index (κ2) is 6.42. The lowest BCUT2D eigenvalue weighted by Gasteiger charge is -2.29. The molecule has 3 aliphatic heterocycles. The van der Waals surface area contributed by atoms with Crippen LogP contribution in [0.5, 0.6) is 0 Å². The number of carbonyl (C=O) groups excluding carboxylic acids is 3. The summed E-state index contributed by atoms with van der Waals surface area (Å²) in [5.41, 5.74) is 0.274. The minimum atomic E-state index is -1.19. The van der Waals surface area contributed by atoms with E-state index >= 15 is 0 Å². The largest absolute Gasteiger partial charge is 0.383 e. The molecule has 27 heavy (non-hydrogen) atoms. The van der Waals surface area contributed by atoms with Crippen LogP contribution < -0.4 is 10.6 Å². The molecule has 3 amide bonds. The van der Waals surface area contributed by atoms with Crippen molar-refractivity contribution in [2.45, 2.75) is 31.8 Å². The minimum absolute atomic E-state index is 0.200. The number of fused-ring (bicyclic) bond motifs is 4. The first-order valence-corrected chi connectivity index (χ1v) is 9.44. The van der Waals surface area contributed by atoms with E-state index in [1.165, 1.54) is 12.0 Å². The zero-order chi connectivity index (χ0) is 19.3. The maximum atomic E-state index is 13.3. The van der Waals surface area contributed by atoms with Gasteiger partial charge in [0, 0.05) is 24.4 Å². The molecule has 0 radical (unpaired) electrons. The number of hydrogen-bond acceptors (Lipinski definition) is 5. The van der Waals surface area contributed by atoms with Crippen molar-refractivity contribution in [3.05, 3.63) is 29.8 Å². The highest BCUT2D eigenvalue weighted by molar-refractivity contribution is 6.15. The number of anilines is 1. The zero-order valence-electron chi connectivity index (χ0n) is 15.8. The molecule has 0 saturated carbocycles. The topological polar surface area (TPSA) is 87.7 Å². The molecule has 3 heterocycles. The Morgan fingerprint density at radius 2 is 1.93 bits per heavy atom. The molecule has 2 fully saturated rings. The van der Waals surface area contributed by atoms with Crippen LogP contribution in [0, 0.1) is 17.8 Å². The molecule has 0 bridgehead atoms. The molecule has 0 unspecified atom stereocenters. The van der Waals surface area contributed by atoms with Crippen molar-refractivity contribution in [2.24, 2.45) is 17.8 Å². The summed E-state index contributed by atoms with van der Waals surface area (Å²) in [6, 6.07) is 7.18. The first-order chi connectivity index (χ1) is 12.9. The molecular weight excluding hydrogens is 346 g/mol. The third kappa shape index (κ3) is 2.45. The van der Waals surface area contributed by atoms with Gasteiger partial charge in [0.25, 0.3) is 0 Å². The monoisotopic (exact) mass is 371 g/mol. The number of ether oxygens (including phenoxy) is 1. The molecule has 1 aromatic carbocycles. The van der Waals surface area contributed by atoms with Crippen LogP contribution in [0.3, 0.4) is 0 Å². The number of likely N-dealkylation sites (tertiary alicyclic amines) is 1. The van der Waals surface area contributed by atoms with Gasteiger partial charge in [-0.1, -0.05) is 32.0 Å². The van der Waals surface area contributed by atoms with Gasteiger partial charge in [-0.2, -0.15) is 0 Å². The van der Waals surface area contributed by atoms with E-state index in [-0.39, 0.29) is 36.9 Å². The van der Waals surface area contributed by atoms with Gasteiger partial charge >= 0.3 is 0 Å². The molecule has 3 aliphatic rings. The number of benzene rings is 1. The summed E-state index contributed by atoms with van der Waals surface area (Å²) in [5.74, 6) is -1.67. The Morgan fingerprint density at radius 3 is 2.63 bits per heavy atom. The van der Waals surface area contributed by atoms with E-state index < -0.39 is 17.4 Å². The number of carbonyl (C=O) groups is 3. The zero-order valence-corrected chi connectivity index (χ0v) is 15.8. The molecule has 1 aromatic rings. The molecule has 4 atom stereocenters. The van der Waals surface area contributed by atoms with E-state index in [1.54, 1.807) is 0 Å². The molecule has 2 saturated heterocycles. The summed E-state index contributed by atoms with van der Waals surface area (Å²) < 4.78 is 5.07. The number of rotatable bonds is 5. The van der Waals surface area contributed by atoms with Crippen LogP contribution in [0.15, 0.2) is 24.3 Å². The Bertz CT molecular complexity index is 808. The van der Waals surface area contributed by atoms with Gasteiger partial charge in [-0.05, 0) is 18.4 Å². The fourth-order valence-corrected chi connectivity index (χ4v) is 4.93. The van der Waals surface area contributed by atoms with Gasteiger partial charge < -0.3 is 10.1 Å². The van der Waals surface area contributed by atoms with E-state index in [0.29, 0.717) is 11.6 Å². The molecular formula is C20H25N3O4. The van der Waals surface area contributed by atoms with Crippen LogP contribution in [-0.2, 0) is 24.7 Å². The lowest BCUT2D eigenvalue weighted by Crippen LogP contribution is -2.53. The molecule has 0 aliphatic carbocycles. The van der Waals surface area contributed by atoms with Gasteiger partial charge in [0.05, 0.1) is 25.0 Å². The fraction of sp³-hybridized carbons (Fsp3) is 0.550. The second-order valence-corrected chi connectivity index (χ2v) is 8.01. The Morgan fingerprint density at radius 1 is 1.19 bits per heavy atom. The van der Waals surface area contributed by atoms with E-state index in [0.717, 1.165) is 12.0 Å². The third-order valence-electron chi connectivity index (χ3n) is 5.96. The quantitative estimate of drug-likeness (QED) is 0.757. The predicted octanol–water partition coefficient (Wildman–Crippen LogP) is 1.10. The molecule has 0 aromatic heterocycles. The Kier molecular flexibility index (Phi) is 4.31. The van der Waals surface area contributed by atoms with E-state index in [1.807, 2.05) is 24.3 Å². The summed E-state index contributed by atoms with van der Waals surface area (Å²) in [6.45, 7) is 4.66. The van der Waals surface area contributed by atoms with Gasteiger partial charge in [0.1, 0.15) is 5.54 Å². The van der Waals surface area contributed by atoms with Crippen LogP contribution in [0.4, 0.5) is 5.69 Å². The van der Waals surface area contributed by atoms with Crippen LogP contribution in [-0.4, -0.2) is 48.9 Å². The van der Waals surface area contributed by atoms with Gasteiger partial charge in [-0.15, -0.1) is 0 Å². The average molecular weight is 371 g/mol. The summed E-state index contributed by atoms with van der Waals surface area (Å²) in [4.78, 5) is 40.8. The van der Waals surface area contributed by atoms with Crippen LogP contribution in [0.2, 0.25) is 0 Å². The minimum Gasteiger partial charge on any atom is -0.383 e. The Balaban J connectivity index is 1.82. The first kappa shape index (κ1) is 18.1. The summed E-state index contributed by atoms with van der Waals surface area (Å²) in [5, 5.41) is 6.33. The number of imide groups is 1. The first-order valence-electron chi connectivity index (χ1n) is 9.44. The van der Waals surface area contributed by atoms with Crippen molar-refractivity contribution < 1.29 is 19.1 Å². The molecule has 7 heteroatoms. The number of para-hydroxylation sites is 1. The molecule has 144 valence electrons. The standard InChI is InChI=1S/C20H25N3O4/c1-11(2)10-14-15-16(18(25)23(17(15)24)8-9-27-3)20(22-14)12-6-4-5-7-13(12)21-19(20)26/h4-7,11,14-16,22H,8-10H2,1-3H3,(H,21,26)/t14-,15-,16+,20+/m1/s1. The van der Waals surface area contributed by atoms with Crippen molar-refractivity contribution in [1.82, 2.24) is 10.2 Å². The van der Waals surface area contributed by atoms with Gasteiger partial charge in [0.2, 0.25) is 17.7 Å². The maximum Gasteiger partial charge on any atom is 0.250 e. The fourth-order valence-electron chi connectivity index (χ4n) is 4.93. The molecule has 2 N–H and O–H groups in total. The molecule has 1 spiro atoms. The lowest BCUT2D eigenvalue weighted by molar-refractivity contribution is -0.143. The maximum absolute atomic E-state index is 13.3. The SMILES string of the molecule is COCCN1C(=O)[C@H]2[C@@H](C1=O)[C@]1(N[C@@H]2CC(C)C)C(=O)Nc2ccccc21. The summed E-state index contributed by atoms with van der Waals surface area (Å²) >= 11 is 0. The second-order valence-electron chi connectivity index (χ2n) is 8.01. The highest BCUT2D eigenvalue weighted by Gasteiger charge is 2.70. The number of methoxy groups -OCH3 is 1. The predicted molar refractivity (Wildman–Crippen MR) is 98.7 cm³/mol. The number of nitrogens with one attached hydrogen (secondary N) is 2. The Labute approximate surface area is 158 Å². The molecule has 4 rings (SSSR count). The normalized spacial score (nSPS) is 31.8. The summed E-state index contributed by atoms with van der Waals surface area (Å²) in [7, 11) is 1.54. The number of hydrogen-bond donors (Lipinski definition) is 2. The molecule has 7 nitrogen and oxygen atoms in total. The highest BCUT2D eigenvalue weighted by Crippen LogP contribution is 2.53. The van der Waals surface area contributed by atoms with Crippen molar-refractivity contribution in [3.8, 4) is 0 Å². The van der Waals surface area contributed by atoms with Crippen LogP contribution in [0.1, 0.15) is 25.8 Å². The van der Waals surface area contributed by atoms with Crippen LogP contribution in [0.25, 0.3) is 0 Å². The van der Waals surface area contributed by atoms with E-state index in [2.05, 4.69) is 24.5 Å². The van der Waals surface area contributed by atoms with E-state index in [9.17, 15) is 14.4 Å². The number of amides is 3.